The molecule has 0 spiro atoms. The fourth-order valence-electron chi connectivity index (χ4n) is 3.83. The standard InChI is InChI=1S/C23H24F3N3O3/c1-31-15-19-14-28(22(30)11-16-3-7-20(32-2)8-4-16)9-10-29(19)18-6-5-17(13-27)21(12-18)23(24,25)26/h3-8,12,19H,9-11,14-15H2,1-2H3. The Hall–Kier alpha value is -3.25. The first-order chi connectivity index (χ1) is 15.3. The molecule has 32 heavy (non-hydrogen) atoms. The number of anilines is 1. The number of halogens is 3. The van der Waals surface area contributed by atoms with Crippen molar-refractivity contribution in [1.29, 1.82) is 5.26 Å². The summed E-state index contributed by atoms with van der Waals surface area (Å²) in [5.74, 6) is 0.641. The maximum absolute atomic E-state index is 13.4. The summed E-state index contributed by atoms with van der Waals surface area (Å²) in [6.07, 6.45) is -4.41. The van der Waals surface area contributed by atoms with Crippen molar-refractivity contribution >= 4 is 11.6 Å². The molecule has 1 saturated heterocycles. The van der Waals surface area contributed by atoms with E-state index in [2.05, 4.69) is 0 Å². The molecule has 3 rings (SSSR count). The van der Waals surface area contributed by atoms with Crippen LogP contribution < -0.4 is 9.64 Å². The number of rotatable bonds is 6. The quantitative estimate of drug-likeness (QED) is 0.678. The highest BCUT2D eigenvalue weighted by Crippen LogP contribution is 2.35. The Morgan fingerprint density at radius 2 is 1.88 bits per heavy atom. The van der Waals surface area contributed by atoms with Gasteiger partial charge < -0.3 is 19.3 Å². The van der Waals surface area contributed by atoms with E-state index in [-0.39, 0.29) is 25.0 Å². The molecule has 1 amide bonds. The smallest absolute Gasteiger partial charge is 0.417 e. The number of benzene rings is 2. The van der Waals surface area contributed by atoms with Gasteiger partial charge in [-0.3, -0.25) is 4.79 Å². The molecule has 0 radical (unpaired) electrons. The molecule has 1 atom stereocenters. The Bertz CT molecular complexity index is 987. The Kier molecular flexibility index (Phi) is 7.26. The van der Waals surface area contributed by atoms with E-state index in [0.717, 1.165) is 11.6 Å². The van der Waals surface area contributed by atoms with Gasteiger partial charge in [0.2, 0.25) is 5.91 Å². The minimum absolute atomic E-state index is 0.0632. The number of ether oxygens (including phenoxy) is 2. The van der Waals surface area contributed by atoms with Crippen LogP contribution in [0.25, 0.3) is 0 Å². The Labute approximate surface area is 184 Å². The van der Waals surface area contributed by atoms with Crippen LogP contribution in [0.2, 0.25) is 0 Å². The zero-order valence-corrected chi connectivity index (χ0v) is 17.9. The first-order valence-corrected chi connectivity index (χ1v) is 10.0. The van der Waals surface area contributed by atoms with Crippen molar-refractivity contribution in [3.8, 4) is 11.8 Å². The minimum atomic E-state index is -4.63. The molecule has 0 saturated carbocycles. The number of nitrogens with zero attached hydrogens (tertiary/aromatic N) is 3. The summed E-state index contributed by atoms with van der Waals surface area (Å²) in [4.78, 5) is 16.3. The first-order valence-electron chi connectivity index (χ1n) is 10.0. The zero-order chi connectivity index (χ0) is 23.3. The summed E-state index contributed by atoms with van der Waals surface area (Å²) in [5.41, 5.74) is -0.186. The molecule has 1 aliphatic rings. The summed E-state index contributed by atoms with van der Waals surface area (Å²) in [5, 5.41) is 9.03. The van der Waals surface area contributed by atoms with Crippen LogP contribution in [0.1, 0.15) is 16.7 Å². The third-order valence-corrected chi connectivity index (χ3v) is 5.47. The van der Waals surface area contributed by atoms with E-state index in [1.165, 1.54) is 19.2 Å². The van der Waals surface area contributed by atoms with Gasteiger partial charge in [0.05, 0.1) is 43.4 Å². The van der Waals surface area contributed by atoms with Crippen molar-refractivity contribution in [2.75, 3.05) is 45.4 Å². The third kappa shape index (κ3) is 5.32. The summed E-state index contributed by atoms with van der Waals surface area (Å²) in [6.45, 7) is 1.29. The highest BCUT2D eigenvalue weighted by molar-refractivity contribution is 5.79. The molecule has 2 aromatic rings. The van der Waals surface area contributed by atoms with Gasteiger partial charge in [-0.2, -0.15) is 18.4 Å². The SMILES string of the molecule is COCC1CN(C(=O)Cc2ccc(OC)cc2)CCN1c1ccc(C#N)c(C(F)(F)F)c1. The second-order valence-corrected chi connectivity index (χ2v) is 7.51. The van der Waals surface area contributed by atoms with Gasteiger partial charge in [0.25, 0.3) is 0 Å². The molecule has 1 fully saturated rings. The van der Waals surface area contributed by atoms with Crippen LogP contribution >= 0.6 is 0 Å². The van der Waals surface area contributed by atoms with Gasteiger partial charge in [0, 0.05) is 32.4 Å². The molecule has 0 aliphatic carbocycles. The summed E-state index contributed by atoms with van der Waals surface area (Å²) < 4.78 is 50.6. The van der Waals surface area contributed by atoms with Crippen LogP contribution in [0.15, 0.2) is 42.5 Å². The van der Waals surface area contributed by atoms with Crippen LogP contribution in [0.4, 0.5) is 18.9 Å². The Morgan fingerprint density at radius 1 is 1.16 bits per heavy atom. The highest BCUT2D eigenvalue weighted by Gasteiger charge is 2.36. The monoisotopic (exact) mass is 447 g/mol. The van der Waals surface area contributed by atoms with E-state index in [0.29, 0.717) is 31.1 Å². The lowest BCUT2D eigenvalue weighted by Crippen LogP contribution is -2.56. The van der Waals surface area contributed by atoms with E-state index in [1.807, 2.05) is 12.1 Å². The van der Waals surface area contributed by atoms with Crippen LogP contribution in [0.3, 0.4) is 0 Å². The maximum atomic E-state index is 13.4. The maximum Gasteiger partial charge on any atom is 0.417 e. The van der Waals surface area contributed by atoms with Gasteiger partial charge in [-0.05, 0) is 35.9 Å². The lowest BCUT2D eigenvalue weighted by atomic mass is 10.0. The van der Waals surface area contributed by atoms with Crippen molar-refractivity contribution in [2.45, 2.75) is 18.6 Å². The first kappa shape index (κ1) is 23.4. The predicted molar refractivity (Wildman–Crippen MR) is 112 cm³/mol. The number of nitriles is 1. The van der Waals surface area contributed by atoms with Crippen LogP contribution in [-0.2, 0) is 22.1 Å². The molecular weight excluding hydrogens is 423 g/mol. The van der Waals surface area contributed by atoms with E-state index in [1.54, 1.807) is 35.1 Å². The third-order valence-electron chi connectivity index (χ3n) is 5.47. The molecule has 1 heterocycles. The average Bonchev–Trinajstić information content (AvgIpc) is 2.78. The van der Waals surface area contributed by atoms with Gasteiger partial charge >= 0.3 is 6.18 Å². The molecule has 1 unspecified atom stereocenters. The van der Waals surface area contributed by atoms with Gasteiger partial charge in [0.1, 0.15) is 5.75 Å². The van der Waals surface area contributed by atoms with Crippen molar-refractivity contribution in [3.63, 3.8) is 0 Å². The number of alkyl halides is 3. The van der Waals surface area contributed by atoms with Gasteiger partial charge in [0.15, 0.2) is 0 Å². The van der Waals surface area contributed by atoms with Crippen molar-refractivity contribution < 1.29 is 27.4 Å². The number of hydrogen-bond acceptors (Lipinski definition) is 5. The summed E-state index contributed by atoms with van der Waals surface area (Å²) in [6, 6.07) is 12.2. The molecule has 2 aromatic carbocycles. The number of piperazine rings is 1. The molecule has 0 bridgehead atoms. The van der Waals surface area contributed by atoms with E-state index < -0.39 is 17.3 Å². The van der Waals surface area contributed by atoms with E-state index >= 15 is 0 Å². The normalized spacial score (nSPS) is 16.6. The second-order valence-electron chi connectivity index (χ2n) is 7.51. The Morgan fingerprint density at radius 3 is 2.47 bits per heavy atom. The average molecular weight is 447 g/mol. The molecule has 0 N–H and O–H groups in total. The molecule has 9 heteroatoms. The van der Waals surface area contributed by atoms with E-state index in [9.17, 15) is 18.0 Å². The zero-order valence-electron chi connectivity index (χ0n) is 17.9. The highest BCUT2D eigenvalue weighted by atomic mass is 19.4. The molecule has 0 aromatic heterocycles. The molecular formula is C23H24F3N3O3. The lowest BCUT2D eigenvalue weighted by Gasteiger charge is -2.42. The topological polar surface area (TPSA) is 65.8 Å². The molecule has 170 valence electrons. The lowest BCUT2D eigenvalue weighted by molar-refractivity contribution is -0.137. The minimum Gasteiger partial charge on any atom is -0.497 e. The molecule has 1 aliphatic heterocycles. The Balaban J connectivity index is 1.76. The number of carbonyl (C=O) groups is 1. The summed E-state index contributed by atoms with van der Waals surface area (Å²) in [7, 11) is 3.08. The van der Waals surface area contributed by atoms with Crippen LogP contribution in [-0.4, -0.2) is 57.3 Å². The van der Waals surface area contributed by atoms with Crippen molar-refractivity contribution in [2.24, 2.45) is 0 Å². The second kappa shape index (κ2) is 9.92. The predicted octanol–water partition coefficient (Wildman–Crippen LogP) is 3.49. The van der Waals surface area contributed by atoms with Crippen LogP contribution in [0.5, 0.6) is 5.75 Å². The van der Waals surface area contributed by atoms with Gasteiger partial charge in [-0.15, -0.1) is 0 Å². The van der Waals surface area contributed by atoms with Gasteiger partial charge in [-0.25, -0.2) is 0 Å². The fourth-order valence-corrected chi connectivity index (χ4v) is 3.83. The van der Waals surface area contributed by atoms with Crippen molar-refractivity contribution in [3.05, 3.63) is 59.2 Å². The largest absolute Gasteiger partial charge is 0.497 e. The summed E-state index contributed by atoms with van der Waals surface area (Å²) >= 11 is 0. The van der Waals surface area contributed by atoms with E-state index in [4.69, 9.17) is 14.7 Å². The number of hydrogen-bond donors (Lipinski definition) is 0. The fraction of sp³-hybridized carbons (Fsp3) is 0.391. The molecule has 6 nitrogen and oxygen atoms in total. The van der Waals surface area contributed by atoms with Crippen LogP contribution in [0, 0.1) is 11.3 Å². The number of methoxy groups -OCH3 is 2. The van der Waals surface area contributed by atoms with Crippen molar-refractivity contribution in [1.82, 2.24) is 4.90 Å². The number of carbonyl (C=O) groups excluding carboxylic acids is 1. The number of amides is 1. The van der Waals surface area contributed by atoms with Gasteiger partial charge in [-0.1, -0.05) is 12.1 Å².